The molecule has 2 aromatic carbocycles. The second kappa shape index (κ2) is 11.7. The molecule has 0 aliphatic heterocycles. The standard InChI is InChI=1S/C23H22O5.C3H8/c1-15(2)22(24)27-12-4-5-16-6-7-18-14-20(23(25)28-21(18)13-16)17-8-10-19(26-3)11-9-17;1-3-2/h6-11,13-14H,1,4-5,12H2,2-3H3;3H2,1-2H3. The third-order valence-electron chi connectivity index (χ3n) is 4.39. The van der Waals surface area contributed by atoms with Crippen molar-refractivity contribution in [2.75, 3.05) is 13.7 Å². The predicted octanol–water partition coefficient (Wildman–Crippen LogP) is 5.94. The van der Waals surface area contributed by atoms with Gasteiger partial charge >= 0.3 is 11.6 Å². The van der Waals surface area contributed by atoms with Crippen LogP contribution in [0.25, 0.3) is 22.1 Å². The summed E-state index contributed by atoms with van der Waals surface area (Å²) in [7, 11) is 1.60. The summed E-state index contributed by atoms with van der Waals surface area (Å²) in [6, 6.07) is 14.9. The average Bonchev–Trinajstić information content (AvgIpc) is 2.76. The van der Waals surface area contributed by atoms with Crippen LogP contribution in [0.15, 0.2) is 69.9 Å². The van der Waals surface area contributed by atoms with E-state index in [1.807, 2.05) is 48.5 Å². The van der Waals surface area contributed by atoms with E-state index in [0.29, 0.717) is 36.2 Å². The minimum Gasteiger partial charge on any atom is -0.497 e. The normalized spacial score (nSPS) is 10.2. The Morgan fingerprint density at radius 2 is 1.74 bits per heavy atom. The van der Waals surface area contributed by atoms with Gasteiger partial charge in [0.25, 0.3) is 0 Å². The topological polar surface area (TPSA) is 65.7 Å². The molecule has 3 rings (SSSR count). The molecule has 0 saturated carbocycles. The number of hydrogen-bond acceptors (Lipinski definition) is 5. The molecule has 1 aromatic heterocycles. The maximum atomic E-state index is 12.4. The Kier molecular flexibility index (Phi) is 9.07. The van der Waals surface area contributed by atoms with Crippen LogP contribution in [0.5, 0.6) is 5.75 Å². The summed E-state index contributed by atoms with van der Waals surface area (Å²) >= 11 is 0. The lowest BCUT2D eigenvalue weighted by atomic mass is 10.0. The third kappa shape index (κ3) is 6.85. The highest BCUT2D eigenvalue weighted by Crippen LogP contribution is 2.24. The molecule has 31 heavy (non-hydrogen) atoms. The SMILES string of the molecule is C=C(C)C(=O)OCCCc1ccc2cc(-c3ccc(OC)cc3)c(=O)oc2c1.CCC. The Morgan fingerprint density at radius 1 is 1.06 bits per heavy atom. The average molecular weight is 423 g/mol. The fraction of sp³-hybridized carbons (Fsp3) is 0.308. The first-order valence-electron chi connectivity index (χ1n) is 10.4. The van der Waals surface area contributed by atoms with E-state index < -0.39 is 0 Å². The van der Waals surface area contributed by atoms with Crippen molar-refractivity contribution in [1.82, 2.24) is 0 Å². The maximum Gasteiger partial charge on any atom is 0.344 e. The molecule has 5 heteroatoms. The van der Waals surface area contributed by atoms with E-state index in [9.17, 15) is 9.59 Å². The van der Waals surface area contributed by atoms with Crippen molar-refractivity contribution in [2.24, 2.45) is 0 Å². The molecule has 0 aliphatic carbocycles. The second-order valence-corrected chi connectivity index (χ2v) is 7.28. The number of carbonyl (C=O) groups excluding carboxylic acids is 1. The first-order valence-corrected chi connectivity index (χ1v) is 10.4. The molecule has 1 heterocycles. The van der Waals surface area contributed by atoms with Crippen LogP contribution in [0.2, 0.25) is 0 Å². The molecule has 0 amide bonds. The van der Waals surface area contributed by atoms with Gasteiger partial charge in [-0.25, -0.2) is 9.59 Å². The highest BCUT2D eigenvalue weighted by atomic mass is 16.5. The highest BCUT2D eigenvalue weighted by molar-refractivity contribution is 5.87. The molecule has 5 nitrogen and oxygen atoms in total. The largest absolute Gasteiger partial charge is 0.497 e. The van der Waals surface area contributed by atoms with Crippen molar-refractivity contribution in [3.63, 3.8) is 0 Å². The van der Waals surface area contributed by atoms with Gasteiger partial charge in [-0.2, -0.15) is 0 Å². The van der Waals surface area contributed by atoms with Crippen molar-refractivity contribution < 1.29 is 18.7 Å². The summed E-state index contributed by atoms with van der Waals surface area (Å²) in [6.07, 6.45) is 2.64. The number of fused-ring (bicyclic) bond motifs is 1. The molecule has 0 bridgehead atoms. The van der Waals surface area contributed by atoms with Gasteiger partial charge in [0.05, 0.1) is 19.3 Å². The van der Waals surface area contributed by atoms with Gasteiger partial charge in [-0.3, -0.25) is 0 Å². The zero-order chi connectivity index (χ0) is 22.8. The lowest BCUT2D eigenvalue weighted by Gasteiger charge is -2.07. The van der Waals surface area contributed by atoms with Crippen LogP contribution in [-0.2, 0) is 16.0 Å². The first-order chi connectivity index (χ1) is 14.9. The molecular formula is C26H30O5. The van der Waals surface area contributed by atoms with E-state index in [0.717, 1.165) is 22.3 Å². The van der Waals surface area contributed by atoms with Crippen LogP contribution >= 0.6 is 0 Å². The number of esters is 1. The van der Waals surface area contributed by atoms with Gasteiger partial charge in [-0.15, -0.1) is 0 Å². The molecule has 3 aromatic rings. The lowest BCUT2D eigenvalue weighted by Crippen LogP contribution is -2.07. The quantitative estimate of drug-likeness (QED) is 0.204. The molecule has 0 N–H and O–H groups in total. The van der Waals surface area contributed by atoms with Crippen molar-refractivity contribution >= 4 is 16.9 Å². The molecule has 0 saturated heterocycles. The fourth-order valence-corrected chi connectivity index (χ4v) is 2.85. The molecule has 0 aliphatic rings. The van der Waals surface area contributed by atoms with E-state index in [-0.39, 0.29) is 11.6 Å². The number of methoxy groups -OCH3 is 1. The van der Waals surface area contributed by atoms with Crippen LogP contribution < -0.4 is 10.4 Å². The van der Waals surface area contributed by atoms with Gasteiger partial charge in [0.15, 0.2) is 0 Å². The van der Waals surface area contributed by atoms with Gasteiger partial charge in [-0.1, -0.05) is 51.1 Å². The number of ether oxygens (including phenoxy) is 2. The number of benzene rings is 2. The van der Waals surface area contributed by atoms with E-state index in [2.05, 4.69) is 20.4 Å². The molecule has 0 unspecified atom stereocenters. The number of aryl methyl sites for hydroxylation is 1. The smallest absolute Gasteiger partial charge is 0.344 e. The number of carbonyl (C=O) groups is 1. The van der Waals surface area contributed by atoms with E-state index in [1.54, 1.807) is 14.0 Å². The van der Waals surface area contributed by atoms with Crippen LogP contribution in [-0.4, -0.2) is 19.7 Å². The zero-order valence-electron chi connectivity index (χ0n) is 18.7. The van der Waals surface area contributed by atoms with Gasteiger partial charge in [0.1, 0.15) is 11.3 Å². The molecule has 0 radical (unpaired) electrons. The summed E-state index contributed by atoms with van der Waals surface area (Å²) in [5, 5.41) is 0.850. The number of rotatable bonds is 7. The van der Waals surface area contributed by atoms with Crippen molar-refractivity contribution in [1.29, 1.82) is 0 Å². The minimum absolute atomic E-state index is 0.323. The molecule has 0 fully saturated rings. The van der Waals surface area contributed by atoms with Crippen LogP contribution in [0.1, 0.15) is 39.2 Å². The Bertz CT molecular complexity index is 1080. The molecule has 0 atom stereocenters. The van der Waals surface area contributed by atoms with Crippen LogP contribution in [0.3, 0.4) is 0 Å². The summed E-state index contributed by atoms with van der Waals surface area (Å²) in [5.41, 5.74) is 2.85. The van der Waals surface area contributed by atoms with Crippen molar-refractivity contribution in [2.45, 2.75) is 40.0 Å². The molecule has 0 spiro atoms. The summed E-state index contributed by atoms with van der Waals surface area (Å²) in [5.74, 6) is 0.350. The second-order valence-electron chi connectivity index (χ2n) is 7.28. The Labute approximate surface area is 183 Å². The lowest BCUT2D eigenvalue weighted by molar-refractivity contribution is -0.139. The summed E-state index contributed by atoms with van der Waals surface area (Å²) in [6.45, 7) is 9.74. The highest BCUT2D eigenvalue weighted by Gasteiger charge is 2.09. The van der Waals surface area contributed by atoms with Crippen molar-refractivity contribution in [3.05, 3.63) is 76.7 Å². The maximum absolute atomic E-state index is 12.4. The summed E-state index contributed by atoms with van der Waals surface area (Å²) in [4.78, 5) is 23.8. The first kappa shape index (κ1) is 23.9. The Morgan fingerprint density at radius 3 is 2.35 bits per heavy atom. The summed E-state index contributed by atoms with van der Waals surface area (Å²) < 4.78 is 15.8. The van der Waals surface area contributed by atoms with Gasteiger partial charge in [0.2, 0.25) is 0 Å². The Hall–Kier alpha value is -3.34. The van der Waals surface area contributed by atoms with Crippen molar-refractivity contribution in [3.8, 4) is 16.9 Å². The Balaban J connectivity index is 0.00000107. The number of hydrogen-bond donors (Lipinski definition) is 0. The zero-order valence-corrected chi connectivity index (χ0v) is 18.7. The van der Waals surface area contributed by atoms with E-state index in [4.69, 9.17) is 13.9 Å². The van der Waals surface area contributed by atoms with E-state index in [1.165, 1.54) is 6.42 Å². The van der Waals surface area contributed by atoms with Gasteiger partial charge in [0, 0.05) is 11.0 Å². The third-order valence-corrected chi connectivity index (χ3v) is 4.39. The molecular weight excluding hydrogens is 392 g/mol. The fourth-order valence-electron chi connectivity index (χ4n) is 2.85. The van der Waals surface area contributed by atoms with E-state index >= 15 is 0 Å². The minimum atomic E-state index is -0.384. The molecule has 164 valence electrons. The van der Waals surface area contributed by atoms with Crippen LogP contribution in [0, 0.1) is 0 Å². The monoisotopic (exact) mass is 422 g/mol. The van der Waals surface area contributed by atoms with Crippen LogP contribution in [0.4, 0.5) is 0 Å². The predicted molar refractivity (Wildman–Crippen MR) is 125 cm³/mol. The van der Waals surface area contributed by atoms with Gasteiger partial charge < -0.3 is 13.9 Å². The van der Waals surface area contributed by atoms with Gasteiger partial charge in [-0.05, 0) is 55.2 Å².